The number of allylic oxidation sites excluding steroid dienone is 2. The van der Waals surface area contributed by atoms with Crippen molar-refractivity contribution in [3.8, 4) is 0 Å². The zero-order chi connectivity index (χ0) is 20.8. The quantitative estimate of drug-likeness (QED) is 0.506. The summed E-state index contributed by atoms with van der Waals surface area (Å²) in [5.41, 5.74) is 3.33. The minimum absolute atomic E-state index is 0.0912. The average molecular weight is 417 g/mol. The van der Waals surface area contributed by atoms with Gasteiger partial charge in [-0.05, 0) is 60.4 Å². The van der Waals surface area contributed by atoms with Crippen molar-refractivity contribution in [2.75, 3.05) is 0 Å². The number of rotatable bonds is 5. The van der Waals surface area contributed by atoms with E-state index in [4.69, 9.17) is 4.99 Å². The van der Waals surface area contributed by atoms with Gasteiger partial charge in [0, 0.05) is 6.04 Å². The third kappa shape index (κ3) is 4.93. The molecule has 4 heteroatoms. The first-order valence-corrected chi connectivity index (χ1v) is 11.7. The number of benzene rings is 2. The topological polar surface area (TPSA) is 32.7 Å². The third-order valence-electron chi connectivity index (χ3n) is 5.68. The molecule has 0 unspecified atom stereocenters. The van der Waals surface area contributed by atoms with Gasteiger partial charge < -0.3 is 0 Å². The van der Waals surface area contributed by atoms with Gasteiger partial charge in [0.2, 0.25) is 0 Å². The van der Waals surface area contributed by atoms with Crippen LogP contribution in [-0.2, 0) is 11.2 Å². The van der Waals surface area contributed by atoms with E-state index in [0.717, 1.165) is 40.6 Å². The monoisotopic (exact) mass is 416 g/mol. The van der Waals surface area contributed by atoms with Crippen LogP contribution in [0, 0.1) is 0 Å². The summed E-state index contributed by atoms with van der Waals surface area (Å²) in [7, 11) is 0. The number of hydrogen-bond acceptors (Lipinski definition) is 3. The molecule has 1 saturated carbocycles. The fourth-order valence-corrected chi connectivity index (χ4v) is 4.98. The lowest BCUT2D eigenvalue weighted by Gasteiger charge is -2.30. The Bertz CT molecular complexity index is 954. The van der Waals surface area contributed by atoms with Crippen molar-refractivity contribution in [3.05, 3.63) is 82.8 Å². The summed E-state index contributed by atoms with van der Waals surface area (Å²) in [4.78, 5) is 20.9. The standard InChI is InChI=1S/C26H28N2OS/c1-2-20-16-18-22(19-17-20)27-26-28(23-13-7-4-8-14-23)25(29)24(30-26)15-9-12-21-10-5-3-6-11-21/h3,5-6,9-12,15-19,23H,2,4,7-8,13-14H2,1H3. The number of aryl methyl sites for hydroxylation is 1. The number of aliphatic imine (C=N–C) groups is 1. The minimum Gasteiger partial charge on any atom is -0.283 e. The minimum atomic E-state index is 0.0912. The highest BCUT2D eigenvalue weighted by molar-refractivity contribution is 8.18. The van der Waals surface area contributed by atoms with Gasteiger partial charge in [-0.2, -0.15) is 0 Å². The van der Waals surface area contributed by atoms with Gasteiger partial charge in [-0.25, -0.2) is 4.99 Å². The molecule has 4 rings (SSSR count). The van der Waals surface area contributed by atoms with Gasteiger partial charge in [-0.3, -0.25) is 9.69 Å². The lowest BCUT2D eigenvalue weighted by atomic mass is 9.94. The van der Waals surface area contributed by atoms with E-state index in [1.165, 1.54) is 36.6 Å². The Balaban J connectivity index is 1.60. The van der Waals surface area contributed by atoms with Gasteiger partial charge >= 0.3 is 0 Å². The van der Waals surface area contributed by atoms with Crippen LogP contribution in [0.15, 0.2) is 76.6 Å². The number of nitrogens with zero attached hydrogens (tertiary/aromatic N) is 2. The van der Waals surface area contributed by atoms with Crippen LogP contribution >= 0.6 is 11.8 Å². The van der Waals surface area contributed by atoms with Crippen LogP contribution in [0.4, 0.5) is 5.69 Å². The van der Waals surface area contributed by atoms with E-state index in [1.54, 1.807) is 0 Å². The van der Waals surface area contributed by atoms with Crippen LogP contribution in [0.2, 0.25) is 0 Å². The molecule has 2 fully saturated rings. The molecule has 0 N–H and O–H groups in total. The van der Waals surface area contributed by atoms with E-state index < -0.39 is 0 Å². The predicted molar refractivity (Wildman–Crippen MR) is 128 cm³/mol. The molecule has 154 valence electrons. The molecule has 30 heavy (non-hydrogen) atoms. The number of amidine groups is 1. The SMILES string of the molecule is CCc1ccc(N=C2SC(=CC=Cc3ccccc3)C(=O)N2C2CCCCC2)cc1. The van der Waals surface area contributed by atoms with Gasteiger partial charge in [0.25, 0.3) is 5.91 Å². The predicted octanol–water partition coefficient (Wildman–Crippen LogP) is 6.74. The fourth-order valence-electron chi connectivity index (χ4n) is 3.97. The van der Waals surface area contributed by atoms with Crippen molar-refractivity contribution < 1.29 is 4.79 Å². The van der Waals surface area contributed by atoms with Crippen molar-refractivity contribution in [1.29, 1.82) is 0 Å². The van der Waals surface area contributed by atoms with Gasteiger partial charge in [0.1, 0.15) is 0 Å². The second-order valence-corrected chi connectivity index (χ2v) is 8.79. The van der Waals surface area contributed by atoms with Crippen molar-refractivity contribution in [3.63, 3.8) is 0 Å². The van der Waals surface area contributed by atoms with Gasteiger partial charge in [0.05, 0.1) is 10.6 Å². The maximum absolute atomic E-state index is 13.3. The summed E-state index contributed by atoms with van der Waals surface area (Å²) in [6.07, 6.45) is 12.7. The second kappa shape index (κ2) is 9.94. The molecule has 0 spiro atoms. The Morgan fingerprint density at radius 2 is 1.77 bits per heavy atom. The van der Waals surface area contributed by atoms with Crippen LogP contribution in [-0.4, -0.2) is 22.0 Å². The van der Waals surface area contributed by atoms with Crippen LogP contribution in [0.1, 0.15) is 50.2 Å². The second-order valence-electron chi connectivity index (χ2n) is 7.78. The number of carbonyl (C=O) groups is 1. The van der Waals surface area contributed by atoms with E-state index in [2.05, 4.69) is 31.2 Å². The van der Waals surface area contributed by atoms with E-state index in [9.17, 15) is 4.79 Å². The van der Waals surface area contributed by atoms with Gasteiger partial charge in [-0.15, -0.1) is 0 Å². The summed E-state index contributed by atoms with van der Waals surface area (Å²) in [6, 6.07) is 18.7. The summed E-state index contributed by atoms with van der Waals surface area (Å²) < 4.78 is 0. The maximum atomic E-state index is 13.3. The van der Waals surface area contributed by atoms with E-state index in [1.807, 2.05) is 53.5 Å². The normalized spacial score (nSPS) is 20.7. The first kappa shape index (κ1) is 20.7. The van der Waals surface area contributed by atoms with E-state index in [0.29, 0.717) is 0 Å². The molecule has 0 atom stereocenters. The number of carbonyl (C=O) groups excluding carboxylic acids is 1. The van der Waals surface area contributed by atoms with Crippen molar-refractivity contribution in [1.82, 2.24) is 4.90 Å². The summed E-state index contributed by atoms with van der Waals surface area (Å²) >= 11 is 1.50. The van der Waals surface area contributed by atoms with Gasteiger partial charge in [0.15, 0.2) is 5.17 Å². The molecular formula is C26H28N2OS. The molecule has 2 aliphatic rings. The summed E-state index contributed by atoms with van der Waals surface area (Å²) in [5.74, 6) is 0.0912. The Labute approximate surface area is 183 Å². The van der Waals surface area contributed by atoms with Crippen molar-refractivity contribution in [2.24, 2.45) is 4.99 Å². The molecule has 2 aromatic carbocycles. The molecule has 1 aliphatic carbocycles. The summed E-state index contributed by atoms with van der Waals surface area (Å²) in [6.45, 7) is 2.15. The van der Waals surface area contributed by atoms with Crippen molar-refractivity contribution in [2.45, 2.75) is 51.5 Å². The van der Waals surface area contributed by atoms with Gasteiger partial charge in [-0.1, -0.05) is 80.8 Å². The third-order valence-corrected chi connectivity index (χ3v) is 6.68. The Hall–Kier alpha value is -2.59. The van der Waals surface area contributed by atoms with E-state index in [-0.39, 0.29) is 11.9 Å². The highest BCUT2D eigenvalue weighted by Gasteiger charge is 2.38. The van der Waals surface area contributed by atoms with E-state index >= 15 is 0 Å². The molecule has 0 bridgehead atoms. The lowest BCUT2D eigenvalue weighted by molar-refractivity contribution is -0.124. The summed E-state index contributed by atoms with van der Waals surface area (Å²) in [5, 5.41) is 0.815. The molecule has 1 aliphatic heterocycles. The fraction of sp³-hybridized carbons (Fsp3) is 0.308. The molecule has 1 saturated heterocycles. The molecule has 0 radical (unpaired) electrons. The van der Waals surface area contributed by atoms with Crippen molar-refractivity contribution >= 4 is 34.6 Å². The zero-order valence-electron chi connectivity index (χ0n) is 17.5. The average Bonchev–Trinajstić information content (AvgIpc) is 3.10. The molecular weight excluding hydrogens is 388 g/mol. The number of hydrogen-bond donors (Lipinski definition) is 0. The van der Waals surface area contributed by atoms with Crippen LogP contribution in [0.3, 0.4) is 0 Å². The molecule has 2 aromatic rings. The first-order valence-electron chi connectivity index (χ1n) is 10.9. The van der Waals surface area contributed by atoms with Crippen LogP contribution in [0.5, 0.6) is 0 Å². The Kier molecular flexibility index (Phi) is 6.85. The first-order chi connectivity index (χ1) is 14.7. The van der Waals surface area contributed by atoms with Crippen LogP contribution in [0.25, 0.3) is 6.08 Å². The number of thioether (sulfide) groups is 1. The molecule has 3 nitrogen and oxygen atoms in total. The highest BCUT2D eigenvalue weighted by atomic mass is 32.2. The zero-order valence-corrected chi connectivity index (χ0v) is 18.3. The highest BCUT2D eigenvalue weighted by Crippen LogP contribution is 2.37. The maximum Gasteiger partial charge on any atom is 0.266 e. The molecule has 1 heterocycles. The molecule has 1 amide bonds. The number of amides is 1. The Morgan fingerprint density at radius 1 is 1.03 bits per heavy atom. The lowest BCUT2D eigenvalue weighted by Crippen LogP contribution is -2.40. The molecule has 0 aromatic heterocycles. The largest absolute Gasteiger partial charge is 0.283 e. The van der Waals surface area contributed by atoms with Crippen LogP contribution < -0.4 is 0 Å². The Morgan fingerprint density at radius 3 is 2.47 bits per heavy atom. The smallest absolute Gasteiger partial charge is 0.266 e.